The molecule has 1 saturated heterocycles. The van der Waals surface area contributed by atoms with Crippen LogP contribution in [0, 0.1) is 5.92 Å². The largest absolute Gasteiger partial charge is 0.490 e. The van der Waals surface area contributed by atoms with Crippen LogP contribution in [-0.4, -0.2) is 50.3 Å². The second-order valence-electron chi connectivity index (χ2n) is 6.70. The monoisotopic (exact) mass is 354 g/mol. The summed E-state index contributed by atoms with van der Waals surface area (Å²) >= 11 is 0. The van der Waals surface area contributed by atoms with Gasteiger partial charge in [-0.15, -0.1) is 12.4 Å². The van der Waals surface area contributed by atoms with E-state index in [0.29, 0.717) is 6.61 Å². The van der Waals surface area contributed by atoms with Crippen LogP contribution < -0.4 is 14.8 Å². The van der Waals surface area contributed by atoms with E-state index in [-0.39, 0.29) is 12.4 Å². The van der Waals surface area contributed by atoms with E-state index < -0.39 is 0 Å². The number of hydrogen-bond donors (Lipinski definition) is 1. The van der Waals surface area contributed by atoms with Gasteiger partial charge in [-0.1, -0.05) is 12.1 Å². The van der Waals surface area contributed by atoms with Crippen LogP contribution in [0.15, 0.2) is 24.3 Å². The van der Waals surface area contributed by atoms with Gasteiger partial charge in [-0.25, -0.2) is 0 Å². The summed E-state index contributed by atoms with van der Waals surface area (Å²) in [6.07, 6.45) is 5.41. The summed E-state index contributed by atoms with van der Waals surface area (Å²) in [6.45, 7) is 7.99. The van der Waals surface area contributed by atoms with Gasteiger partial charge in [-0.05, 0) is 70.3 Å². The molecule has 1 N–H and O–H groups in total. The summed E-state index contributed by atoms with van der Waals surface area (Å²) in [6, 6.07) is 8.66. The molecule has 24 heavy (non-hydrogen) atoms. The van der Waals surface area contributed by atoms with E-state index in [4.69, 9.17) is 9.47 Å². The molecule has 4 nitrogen and oxygen atoms in total. The van der Waals surface area contributed by atoms with Crippen molar-refractivity contribution in [1.82, 2.24) is 10.2 Å². The fourth-order valence-corrected chi connectivity index (χ4v) is 3.14. The average molecular weight is 355 g/mol. The summed E-state index contributed by atoms with van der Waals surface area (Å²) in [5.41, 5.74) is 0. The van der Waals surface area contributed by atoms with Gasteiger partial charge in [-0.2, -0.15) is 0 Å². The minimum atomic E-state index is 0. The topological polar surface area (TPSA) is 33.7 Å². The quantitative estimate of drug-likeness (QED) is 0.737. The molecule has 3 rings (SSSR count). The van der Waals surface area contributed by atoms with Crippen LogP contribution in [-0.2, 0) is 0 Å². The van der Waals surface area contributed by atoms with Gasteiger partial charge in [0.2, 0.25) is 0 Å². The van der Waals surface area contributed by atoms with Crippen molar-refractivity contribution in [3.8, 4) is 11.5 Å². The number of benzene rings is 1. The number of hydrogen-bond acceptors (Lipinski definition) is 4. The van der Waals surface area contributed by atoms with Gasteiger partial charge in [0.25, 0.3) is 0 Å². The van der Waals surface area contributed by atoms with Gasteiger partial charge in [0.05, 0.1) is 6.61 Å². The van der Waals surface area contributed by atoms with Crippen molar-refractivity contribution in [2.24, 2.45) is 5.92 Å². The minimum Gasteiger partial charge on any atom is -0.490 e. The maximum absolute atomic E-state index is 5.92. The number of ether oxygens (including phenoxy) is 2. The third-order valence-corrected chi connectivity index (χ3v) is 4.79. The smallest absolute Gasteiger partial charge is 0.161 e. The zero-order valence-electron chi connectivity index (χ0n) is 14.7. The first-order valence-corrected chi connectivity index (χ1v) is 9.15. The highest BCUT2D eigenvalue weighted by Crippen LogP contribution is 2.28. The van der Waals surface area contributed by atoms with Crippen LogP contribution in [0.4, 0.5) is 0 Å². The highest BCUT2D eigenvalue weighted by molar-refractivity contribution is 5.85. The summed E-state index contributed by atoms with van der Waals surface area (Å²) in [7, 11) is 0. The Labute approximate surface area is 152 Å². The van der Waals surface area contributed by atoms with Gasteiger partial charge >= 0.3 is 0 Å². The predicted molar refractivity (Wildman–Crippen MR) is 101 cm³/mol. The van der Waals surface area contributed by atoms with Crippen LogP contribution in [0.3, 0.4) is 0 Å². The van der Waals surface area contributed by atoms with Gasteiger partial charge in [0, 0.05) is 12.6 Å². The summed E-state index contributed by atoms with van der Waals surface area (Å²) in [4.78, 5) is 2.51. The van der Waals surface area contributed by atoms with Gasteiger partial charge in [0.15, 0.2) is 11.5 Å². The standard InChI is InChI=1S/C19H30N2O2.ClH/c1-2-22-18-5-3-4-6-19(18)23-14-13-21-11-9-17(10-12-21)20-15-16-7-8-16;/h3-6,16-17,20H,2,7-15H2,1H3;1H. The lowest BCUT2D eigenvalue weighted by Crippen LogP contribution is -2.44. The van der Waals surface area contributed by atoms with Crippen LogP contribution in [0.1, 0.15) is 32.6 Å². The van der Waals surface area contributed by atoms with Gasteiger partial charge < -0.3 is 14.8 Å². The Kier molecular flexibility index (Phi) is 8.16. The van der Waals surface area contributed by atoms with E-state index >= 15 is 0 Å². The number of nitrogens with zero attached hydrogens (tertiary/aromatic N) is 1. The van der Waals surface area contributed by atoms with E-state index in [2.05, 4.69) is 10.2 Å². The maximum atomic E-state index is 5.92. The molecule has 0 radical (unpaired) electrons. The van der Waals surface area contributed by atoms with Crippen molar-refractivity contribution in [2.75, 3.05) is 39.4 Å². The minimum absolute atomic E-state index is 0. The molecule has 136 valence electrons. The molecular weight excluding hydrogens is 324 g/mol. The van der Waals surface area contributed by atoms with Crippen molar-refractivity contribution in [3.05, 3.63) is 24.3 Å². The van der Waals surface area contributed by atoms with Gasteiger partial charge in [0.1, 0.15) is 6.61 Å². The summed E-state index contributed by atoms with van der Waals surface area (Å²) in [5, 5.41) is 3.73. The fraction of sp³-hybridized carbons (Fsp3) is 0.684. The third kappa shape index (κ3) is 6.15. The van der Waals surface area contributed by atoms with Gasteiger partial charge in [-0.3, -0.25) is 4.90 Å². The molecule has 2 fully saturated rings. The lowest BCUT2D eigenvalue weighted by molar-refractivity contribution is 0.162. The molecule has 5 heteroatoms. The Hall–Kier alpha value is -0.970. The molecule has 0 unspecified atom stereocenters. The number of likely N-dealkylation sites (tertiary alicyclic amines) is 1. The van der Waals surface area contributed by atoms with E-state index in [0.717, 1.165) is 36.6 Å². The molecule has 1 saturated carbocycles. The Morgan fingerprint density at radius 3 is 2.33 bits per heavy atom. The SMILES string of the molecule is CCOc1ccccc1OCCN1CCC(NCC2CC2)CC1.Cl. The molecule has 2 aliphatic rings. The molecule has 1 aromatic carbocycles. The Morgan fingerprint density at radius 1 is 1.04 bits per heavy atom. The van der Waals surface area contributed by atoms with E-state index in [1.807, 2.05) is 31.2 Å². The normalized spacial score (nSPS) is 18.9. The molecule has 0 bridgehead atoms. The first-order valence-electron chi connectivity index (χ1n) is 9.15. The first-order chi connectivity index (χ1) is 11.3. The Morgan fingerprint density at radius 2 is 1.71 bits per heavy atom. The van der Waals surface area contributed by atoms with Crippen LogP contribution in [0.5, 0.6) is 11.5 Å². The summed E-state index contributed by atoms with van der Waals surface area (Å²) in [5.74, 6) is 2.68. The zero-order chi connectivity index (χ0) is 15.9. The molecular formula is C19H31ClN2O2. The maximum Gasteiger partial charge on any atom is 0.161 e. The highest BCUT2D eigenvalue weighted by Gasteiger charge is 2.24. The molecule has 1 aromatic rings. The van der Waals surface area contributed by atoms with E-state index in [9.17, 15) is 0 Å². The second kappa shape index (κ2) is 10.1. The van der Waals surface area contributed by atoms with Crippen LogP contribution in [0.2, 0.25) is 0 Å². The Balaban J connectivity index is 0.00000208. The number of para-hydroxylation sites is 2. The van der Waals surface area contributed by atoms with Crippen molar-refractivity contribution < 1.29 is 9.47 Å². The van der Waals surface area contributed by atoms with Crippen molar-refractivity contribution in [2.45, 2.75) is 38.6 Å². The molecule has 0 spiro atoms. The zero-order valence-corrected chi connectivity index (χ0v) is 15.5. The molecule has 0 aromatic heterocycles. The average Bonchev–Trinajstić information content (AvgIpc) is 3.40. The lowest BCUT2D eigenvalue weighted by Gasteiger charge is -2.32. The van der Waals surface area contributed by atoms with E-state index in [1.54, 1.807) is 0 Å². The number of rotatable bonds is 9. The van der Waals surface area contributed by atoms with Crippen LogP contribution in [0.25, 0.3) is 0 Å². The van der Waals surface area contributed by atoms with Crippen molar-refractivity contribution in [3.63, 3.8) is 0 Å². The van der Waals surface area contributed by atoms with E-state index in [1.165, 1.54) is 45.3 Å². The molecule has 0 amide bonds. The highest BCUT2D eigenvalue weighted by atomic mass is 35.5. The first kappa shape index (κ1) is 19.4. The third-order valence-electron chi connectivity index (χ3n) is 4.79. The number of piperidine rings is 1. The predicted octanol–water partition coefficient (Wildman–Crippen LogP) is 3.35. The molecule has 1 aliphatic carbocycles. The fourth-order valence-electron chi connectivity index (χ4n) is 3.14. The number of halogens is 1. The second-order valence-corrected chi connectivity index (χ2v) is 6.70. The molecule has 1 heterocycles. The van der Waals surface area contributed by atoms with Crippen molar-refractivity contribution in [1.29, 1.82) is 0 Å². The lowest BCUT2D eigenvalue weighted by atomic mass is 10.0. The summed E-state index contributed by atoms with van der Waals surface area (Å²) < 4.78 is 11.5. The Bertz CT molecular complexity index is 474. The molecule has 0 atom stereocenters. The number of nitrogens with one attached hydrogen (secondary N) is 1. The van der Waals surface area contributed by atoms with Crippen LogP contribution >= 0.6 is 12.4 Å². The molecule has 1 aliphatic heterocycles. The van der Waals surface area contributed by atoms with Crippen molar-refractivity contribution >= 4 is 12.4 Å².